The second-order valence-electron chi connectivity index (χ2n) is 10.0. The summed E-state index contributed by atoms with van der Waals surface area (Å²) in [4.78, 5) is 13.6. The summed E-state index contributed by atoms with van der Waals surface area (Å²) in [6.07, 6.45) is -4.27. The van der Waals surface area contributed by atoms with Gasteiger partial charge in [0.05, 0.1) is 19.8 Å². The van der Waals surface area contributed by atoms with Crippen LogP contribution < -0.4 is 0 Å². The smallest absolute Gasteiger partial charge is 0.338 e. The quantitative estimate of drug-likeness (QED) is 0.187. The highest BCUT2D eigenvalue weighted by Gasteiger charge is 2.52. The van der Waals surface area contributed by atoms with Crippen molar-refractivity contribution in [1.29, 1.82) is 0 Å². The molecule has 1 aliphatic heterocycles. The van der Waals surface area contributed by atoms with Crippen molar-refractivity contribution in [2.24, 2.45) is 0 Å². The monoisotopic (exact) mass is 568 g/mol. The van der Waals surface area contributed by atoms with Crippen LogP contribution in [0.4, 0.5) is 0 Å². The highest BCUT2D eigenvalue weighted by molar-refractivity contribution is 5.76. The number of benzene rings is 4. The molecule has 7 heteroatoms. The molecule has 1 fully saturated rings. The minimum absolute atomic E-state index is 0.103. The lowest BCUT2D eigenvalue weighted by atomic mass is 9.97. The van der Waals surface area contributed by atoms with Crippen molar-refractivity contribution in [3.8, 4) is 0 Å². The van der Waals surface area contributed by atoms with Gasteiger partial charge in [0.25, 0.3) is 0 Å². The van der Waals surface area contributed by atoms with Crippen molar-refractivity contribution in [3.63, 3.8) is 0 Å². The van der Waals surface area contributed by atoms with E-state index < -0.39 is 36.7 Å². The van der Waals surface area contributed by atoms with Crippen molar-refractivity contribution in [1.82, 2.24) is 0 Å². The maximum Gasteiger partial charge on any atom is 0.338 e. The van der Waals surface area contributed by atoms with Crippen LogP contribution in [0.3, 0.4) is 0 Å². The summed E-state index contributed by atoms with van der Waals surface area (Å²) < 4.78 is 37.1. The SMILES string of the molecule is COC1OC(C(=O)OCc2ccccc2)C(OCc2ccccc2)C(OCc2ccccc2)C1OCc1ccccc1. The highest BCUT2D eigenvalue weighted by Crippen LogP contribution is 2.31. The zero-order chi connectivity index (χ0) is 29.0. The Hall–Kier alpha value is -3.85. The summed E-state index contributed by atoms with van der Waals surface area (Å²) >= 11 is 0. The number of hydrogen-bond acceptors (Lipinski definition) is 7. The molecule has 4 aromatic carbocycles. The molecule has 0 saturated carbocycles. The molecule has 4 aromatic rings. The molecule has 0 aliphatic carbocycles. The van der Waals surface area contributed by atoms with Crippen LogP contribution in [-0.4, -0.2) is 43.8 Å². The Morgan fingerprint density at radius 2 is 0.929 bits per heavy atom. The van der Waals surface area contributed by atoms with Crippen molar-refractivity contribution in [2.45, 2.75) is 57.1 Å². The van der Waals surface area contributed by atoms with Crippen LogP contribution in [-0.2, 0) is 59.6 Å². The van der Waals surface area contributed by atoms with Crippen molar-refractivity contribution < 1.29 is 33.2 Å². The topological polar surface area (TPSA) is 72.5 Å². The lowest BCUT2D eigenvalue weighted by molar-refractivity contribution is -0.315. The van der Waals surface area contributed by atoms with Crippen LogP contribution >= 0.6 is 0 Å². The van der Waals surface area contributed by atoms with Crippen molar-refractivity contribution in [2.75, 3.05) is 7.11 Å². The summed E-state index contributed by atoms with van der Waals surface area (Å²) in [5, 5.41) is 0. The van der Waals surface area contributed by atoms with Crippen molar-refractivity contribution >= 4 is 5.97 Å². The van der Waals surface area contributed by atoms with Crippen LogP contribution in [0.15, 0.2) is 121 Å². The summed E-state index contributed by atoms with van der Waals surface area (Å²) in [7, 11) is 1.52. The second-order valence-corrected chi connectivity index (χ2v) is 10.0. The Labute approximate surface area is 246 Å². The molecule has 0 N–H and O–H groups in total. The highest BCUT2D eigenvalue weighted by atomic mass is 16.7. The fraction of sp³-hybridized carbons (Fsp3) is 0.286. The molecule has 0 bridgehead atoms. The fourth-order valence-electron chi connectivity index (χ4n) is 4.85. The number of ether oxygens (including phenoxy) is 6. The van der Waals surface area contributed by atoms with Crippen LogP contribution in [0.2, 0.25) is 0 Å². The van der Waals surface area contributed by atoms with Crippen LogP contribution in [0.1, 0.15) is 22.3 Å². The molecule has 42 heavy (non-hydrogen) atoms. The Kier molecular flexibility index (Phi) is 10.9. The first-order valence-corrected chi connectivity index (χ1v) is 14.1. The lowest BCUT2D eigenvalue weighted by Gasteiger charge is -2.44. The first kappa shape index (κ1) is 29.6. The Morgan fingerprint density at radius 3 is 1.36 bits per heavy atom. The Bertz CT molecular complexity index is 1340. The van der Waals surface area contributed by atoms with Gasteiger partial charge in [-0.15, -0.1) is 0 Å². The molecule has 218 valence electrons. The minimum Gasteiger partial charge on any atom is -0.459 e. The van der Waals surface area contributed by atoms with Gasteiger partial charge in [0.2, 0.25) is 0 Å². The molecule has 5 atom stereocenters. The van der Waals surface area contributed by atoms with E-state index in [0.717, 1.165) is 22.3 Å². The van der Waals surface area contributed by atoms with E-state index in [1.54, 1.807) is 0 Å². The lowest BCUT2D eigenvalue weighted by Crippen LogP contribution is -2.62. The number of carbonyl (C=O) groups excluding carboxylic acids is 1. The molecule has 1 saturated heterocycles. The number of hydrogen-bond donors (Lipinski definition) is 0. The normalized spacial score (nSPS) is 22.0. The average molecular weight is 569 g/mol. The van der Waals surface area contributed by atoms with Gasteiger partial charge >= 0.3 is 5.97 Å². The summed E-state index contributed by atoms with van der Waals surface area (Å²) in [5.74, 6) is -0.561. The van der Waals surface area contributed by atoms with Crippen molar-refractivity contribution in [3.05, 3.63) is 144 Å². The van der Waals surface area contributed by atoms with Gasteiger partial charge in [-0.05, 0) is 22.3 Å². The van der Waals surface area contributed by atoms with E-state index in [1.165, 1.54) is 7.11 Å². The number of methoxy groups -OCH3 is 1. The van der Waals surface area contributed by atoms with Gasteiger partial charge in [-0.25, -0.2) is 4.79 Å². The van der Waals surface area contributed by atoms with E-state index in [4.69, 9.17) is 28.4 Å². The molecule has 1 heterocycles. The number of rotatable bonds is 13. The van der Waals surface area contributed by atoms with Gasteiger partial charge in [-0.2, -0.15) is 0 Å². The largest absolute Gasteiger partial charge is 0.459 e. The summed E-state index contributed by atoms with van der Waals surface area (Å²) in [6, 6.07) is 38.9. The minimum atomic E-state index is -1.11. The predicted octanol–water partition coefficient (Wildman–Crippen LogP) is 5.86. The van der Waals surface area contributed by atoms with E-state index in [-0.39, 0.29) is 19.8 Å². The van der Waals surface area contributed by atoms with E-state index in [1.807, 2.05) is 121 Å². The van der Waals surface area contributed by atoms with Gasteiger partial charge in [-0.1, -0.05) is 121 Å². The maximum atomic E-state index is 13.6. The molecular formula is C35H36O7. The summed E-state index contributed by atoms with van der Waals surface area (Å²) in [5.41, 5.74) is 3.78. The van der Waals surface area contributed by atoms with E-state index in [9.17, 15) is 4.79 Å². The molecule has 7 nitrogen and oxygen atoms in total. The molecule has 1 aliphatic rings. The molecule has 0 aromatic heterocycles. The molecule has 0 spiro atoms. The zero-order valence-electron chi connectivity index (χ0n) is 23.6. The molecule has 0 radical (unpaired) electrons. The average Bonchev–Trinajstić information content (AvgIpc) is 3.06. The van der Waals surface area contributed by atoms with Crippen LogP contribution in [0.5, 0.6) is 0 Å². The molecule has 5 unspecified atom stereocenters. The number of esters is 1. The van der Waals surface area contributed by atoms with Gasteiger partial charge in [-0.3, -0.25) is 0 Å². The Morgan fingerprint density at radius 1 is 0.548 bits per heavy atom. The molecular weight excluding hydrogens is 532 g/mol. The zero-order valence-corrected chi connectivity index (χ0v) is 23.6. The predicted molar refractivity (Wildman–Crippen MR) is 157 cm³/mol. The number of carbonyl (C=O) groups is 1. The maximum absolute atomic E-state index is 13.6. The van der Waals surface area contributed by atoms with Gasteiger partial charge in [0.1, 0.15) is 24.9 Å². The third kappa shape index (κ3) is 8.12. The van der Waals surface area contributed by atoms with E-state index in [0.29, 0.717) is 6.61 Å². The Balaban J connectivity index is 1.42. The van der Waals surface area contributed by atoms with E-state index >= 15 is 0 Å². The second kappa shape index (κ2) is 15.4. The third-order valence-electron chi connectivity index (χ3n) is 7.04. The van der Waals surface area contributed by atoms with Crippen LogP contribution in [0, 0.1) is 0 Å². The third-order valence-corrected chi connectivity index (χ3v) is 7.04. The molecule has 0 amide bonds. The van der Waals surface area contributed by atoms with Gasteiger partial charge < -0.3 is 28.4 Å². The fourth-order valence-corrected chi connectivity index (χ4v) is 4.85. The van der Waals surface area contributed by atoms with Gasteiger partial charge in [0, 0.05) is 7.11 Å². The molecule has 5 rings (SSSR count). The van der Waals surface area contributed by atoms with Gasteiger partial charge in [0.15, 0.2) is 12.4 Å². The standard InChI is InChI=1S/C35H36O7/c1-37-35-33(40-24-28-18-10-4-11-19-28)31(39-23-27-16-8-3-9-17-27)30(38-22-26-14-6-2-7-15-26)32(42-35)34(36)41-25-29-20-12-5-13-21-29/h2-21,30-33,35H,22-25H2,1H3. The summed E-state index contributed by atoms with van der Waals surface area (Å²) in [6.45, 7) is 0.927. The first-order valence-electron chi connectivity index (χ1n) is 14.1. The van der Waals surface area contributed by atoms with E-state index in [2.05, 4.69) is 0 Å². The first-order chi connectivity index (χ1) is 20.7. The van der Waals surface area contributed by atoms with Crippen LogP contribution in [0.25, 0.3) is 0 Å².